The van der Waals surface area contributed by atoms with E-state index < -0.39 is 11.0 Å². The van der Waals surface area contributed by atoms with Crippen LogP contribution in [0.15, 0.2) is 34.7 Å². The molecule has 3 nitrogen and oxygen atoms in total. The number of anilines is 1. The van der Waals surface area contributed by atoms with Crippen molar-refractivity contribution < 1.29 is 9.00 Å². The predicted octanol–water partition coefficient (Wildman–Crippen LogP) is 2.64. The van der Waals surface area contributed by atoms with Crippen molar-refractivity contribution in [3.8, 4) is 0 Å². The summed E-state index contributed by atoms with van der Waals surface area (Å²) in [7, 11) is -1.45. The maximum absolute atomic E-state index is 12.0. The quantitative estimate of drug-likeness (QED) is 0.774. The molecule has 0 aromatic heterocycles. The number of hydrogen-bond donors (Lipinski definition) is 0. The number of amides is 1. The van der Waals surface area contributed by atoms with E-state index >= 15 is 0 Å². The average Bonchev–Trinajstić information content (AvgIpc) is 2.45. The molecule has 0 bridgehead atoms. The van der Waals surface area contributed by atoms with Gasteiger partial charge < -0.3 is 0 Å². The highest BCUT2D eigenvalue weighted by Gasteiger charge is 2.34. The van der Waals surface area contributed by atoms with Crippen molar-refractivity contribution in [2.45, 2.75) is 13.8 Å². The molecule has 16 heavy (non-hydrogen) atoms. The molecule has 0 saturated carbocycles. The van der Waals surface area contributed by atoms with E-state index in [9.17, 15) is 9.00 Å². The second kappa shape index (κ2) is 4.03. The molecule has 0 fully saturated rings. The van der Waals surface area contributed by atoms with Crippen LogP contribution in [0.4, 0.5) is 5.69 Å². The van der Waals surface area contributed by atoms with Crippen LogP contribution in [-0.2, 0) is 15.8 Å². The third kappa shape index (κ3) is 1.58. The molecular formula is C11H10ClNO2S. The van der Waals surface area contributed by atoms with Gasteiger partial charge in [-0.05, 0) is 26.0 Å². The Kier molecular flexibility index (Phi) is 2.86. The van der Waals surface area contributed by atoms with Crippen LogP contribution < -0.4 is 4.31 Å². The summed E-state index contributed by atoms with van der Waals surface area (Å²) in [6, 6.07) is 6.88. The Morgan fingerprint density at radius 1 is 1.25 bits per heavy atom. The predicted molar refractivity (Wildman–Crippen MR) is 65.5 cm³/mol. The van der Waals surface area contributed by atoms with E-state index in [4.69, 9.17) is 11.6 Å². The molecule has 1 aromatic rings. The lowest BCUT2D eigenvalue weighted by Crippen LogP contribution is -2.27. The van der Waals surface area contributed by atoms with Gasteiger partial charge in [0.15, 0.2) is 11.0 Å². The smallest absolute Gasteiger partial charge is 0.267 e. The Labute approximate surface area is 101 Å². The first kappa shape index (κ1) is 11.4. The third-order valence-electron chi connectivity index (χ3n) is 2.53. The number of carbonyl (C=O) groups is 1. The molecule has 1 atom stereocenters. The molecule has 2 rings (SSSR count). The van der Waals surface area contributed by atoms with Gasteiger partial charge in [0.25, 0.3) is 5.91 Å². The molecule has 5 heteroatoms. The first-order valence-corrected chi connectivity index (χ1v) is 6.21. The highest BCUT2D eigenvalue weighted by atomic mass is 35.5. The maximum Gasteiger partial charge on any atom is 0.267 e. The van der Waals surface area contributed by atoms with Crippen LogP contribution in [0.1, 0.15) is 13.8 Å². The summed E-state index contributed by atoms with van der Waals surface area (Å²) in [6.45, 7) is 3.37. The fourth-order valence-corrected chi connectivity index (χ4v) is 2.98. The van der Waals surface area contributed by atoms with Crippen LogP contribution in [0, 0.1) is 0 Å². The van der Waals surface area contributed by atoms with Crippen LogP contribution in [-0.4, -0.2) is 10.1 Å². The Hall–Kier alpha value is -1.13. The normalized spacial score (nSPS) is 20.8. The minimum absolute atomic E-state index is 0.246. The highest BCUT2D eigenvalue weighted by Crippen LogP contribution is 2.33. The molecule has 1 amide bonds. The van der Waals surface area contributed by atoms with Crippen LogP contribution in [0.5, 0.6) is 0 Å². The second-order valence-electron chi connectivity index (χ2n) is 3.48. The standard InChI is InChI=1S/C11H10ClNO2S/c1-7-8(2)16(15)13(11(7)14)10-6-4-3-5-9(10)12/h3-6H,1-2H3. The zero-order chi connectivity index (χ0) is 11.9. The van der Waals surface area contributed by atoms with Crippen molar-refractivity contribution in [3.05, 3.63) is 39.8 Å². The van der Waals surface area contributed by atoms with E-state index in [1.54, 1.807) is 38.1 Å². The number of benzene rings is 1. The maximum atomic E-state index is 12.0. The van der Waals surface area contributed by atoms with Crippen molar-refractivity contribution >= 4 is 34.2 Å². The molecule has 1 aliphatic rings. The van der Waals surface area contributed by atoms with Crippen LogP contribution in [0.3, 0.4) is 0 Å². The number of carbonyl (C=O) groups excluding carboxylic acids is 1. The van der Waals surface area contributed by atoms with Crippen molar-refractivity contribution in [2.24, 2.45) is 0 Å². The number of para-hydroxylation sites is 1. The monoisotopic (exact) mass is 255 g/mol. The lowest BCUT2D eigenvalue weighted by Gasteiger charge is -2.16. The van der Waals surface area contributed by atoms with Gasteiger partial charge in [-0.15, -0.1) is 0 Å². The van der Waals surface area contributed by atoms with Gasteiger partial charge in [-0.25, -0.2) is 8.51 Å². The minimum Gasteiger partial charge on any atom is -0.268 e. The molecule has 0 saturated heterocycles. The lowest BCUT2D eigenvalue weighted by atomic mass is 10.2. The Morgan fingerprint density at radius 2 is 1.88 bits per heavy atom. The van der Waals surface area contributed by atoms with Gasteiger partial charge in [-0.2, -0.15) is 0 Å². The van der Waals surface area contributed by atoms with E-state index in [1.807, 2.05) is 0 Å². The van der Waals surface area contributed by atoms with Crippen LogP contribution >= 0.6 is 11.6 Å². The first-order valence-electron chi connectivity index (χ1n) is 4.72. The van der Waals surface area contributed by atoms with Gasteiger partial charge in [0.1, 0.15) is 0 Å². The Morgan fingerprint density at radius 3 is 2.38 bits per heavy atom. The van der Waals surface area contributed by atoms with Gasteiger partial charge in [0, 0.05) is 10.5 Å². The molecule has 1 aliphatic heterocycles. The summed E-state index contributed by atoms with van der Waals surface area (Å²) >= 11 is 5.98. The minimum atomic E-state index is -1.45. The average molecular weight is 256 g/mol. The molecule has 0 N–H and O–H groups in total. The van der Waals surface area contributed by atoms with Gasteiger partial charge in [0.05, 0.1) is 10.7 Å². The Balaban J connectivity index is 2.51. The number of allylic oxidation sites excluding steroid dienone is 1. The summed E-state index contributed by atoms with van der Waals surface area (Å²) < 4.78 is 13.2. The van der Waals surface area contributed by atoms with Crippen LogP contribution in [0.25, 0.3) is 0 Å². The SMILES string of the molecule is CC1=C(C)S(=O)N(c2ccccc2Cl)C1=O. The summed E-state index contributed by atoms with van der Waals surface area (Å²) in [6.07, 6.45) is 0. The molecule has 1 unspecified atom stereocenters. The summed E-state index contributed by atoms with van der Waals surface area (Å²) in [5.41, 5.74) is 1.02. The van der Waals surface area contributed by atoms with Crippen molar-refractivity contribution in [1.29, 1.82) is 0 Å². The Bertz CT molecular complexity index is 500. The van der Waals surface area contributed by atoms with Crippen LogP contribution in [0.2, 0.25) is 5.02 Å². The van der Waals surface area contributed by atoms with E-state index in [-0.39, 0.29) is 5.91 Å². The molecule has 84 valence electrons. The van der Waals surface area contributed by atoms with Gasteiger partial charge in [0.2, 0.25) is 0 Å². The van der Waals surface area contributed by atoms with Crippen molar-refractivity contribution in [3.63, 3.8) is 0 Å². The topological polar surface area (TPSA) is 37.4 Å². The highest BCUT2D eigenvalue weighted by molar-refractivity contribution is 7.91. The zero-order valence-corrected chi connectivity index (χ0v) is 10.4. The van der Waals surface area contributed by atoms with Gasteiger partial charge in [-0.3, -0.25) is 4.79 Å². The first-order chi connectivity index (χ1) is 7.54. The largest absolute Gasteiger partial charge is 0.268 e. The summed E-state index contributed by atoms with van der Waals surface area (Å²) in [5, 5.41) is 0.423. The van der Waals surface area contributed by atoms with E-state index in [0.717, 1.165) is 0 Å². The number of nitrogens with zero attached hydrogens (tertiary/aromatic N) is 1. The second-order valence-corrected chi connectivity index (χ2v) is 5.36. The van der Waals surface area contributed by atoms with Crippen molar-refractivity contribution in [1.82, 2.24) is 0 Å². The number of hydrogen-bond acceptors (Lipinski definition) is 2. The van der Waals surface area contributed by atoms with E-state index in [2.05, 4.69) is 0 Å². The third-order valence-corrected chi connectivity index (χ3v) is 4.38. The molecule has 1 aromatic carbocycles. The molecule has 0 aliphatic carbocycles. The molecular weight excluding hydrogens is 246 g/mol. The molecule has 0 radical (unpaired) electrons. The summed E-state index contributed by atoms with van der Waals surface area (Å²) in [5.74, 6) is -0.246. The van der Waals surface area contributed by atoms with Gasteiger partial charge >= 0.3 is 0 Å². The fraction of sp³-hybridized carbons (Fsp3) is 0.182. The number of rotatable bonds is 1. The van der Waals surface area contributed by atoms with E-state index in [0.29, 0.717) is 21.2 Å². The fourth-order valence-electron chi connectivity index (χ4n) is 1.46. The lowest BCUT2D eigenvalue weighted by molar-refractivity contribution is -0.113. The summed E-state index contributed by atoms with van der Waals surface area (Å²) in [4.78, 5) is 12.5. The zero-order valence-electron chi connectivity index (χ0n) is 8.86. The van der Waals surface area contributed by atoms with Crippen molar-refractivity contribution in [2.75, 3.05) is 4.31 Å². The molecule has 0 spiro atoms. The number of halogens is 1. The molecule has 1 heterocycles. The van der Waals surface area contributed by atoms with E-state index in [1.165, 1.54) is 4.31 Å². The van der Waals surface area contributed by atoms with Gasteiger partial charge in [-0.1, -0.05) is 23.7 Å².